The summed E-state index contributed by atoms with van der Waals surface area (Å²) >= 11 is 1.47. The molecule has 5 nitrogen and oxygen atoms in total. The summed E-state index contributed by atoms with van der Waals surface area (Å²) in [6.45, 7) is 9.25. The standard InChI is InChI=1S/C22H26N4OS/c1-5-12-24-20(27)26-21-25-18(19(28-21)16-10-13-23-14-11-16)15-6-8-17(9-7-15)22(2,3)4/h6-11,13-14H,5,12H2,1-4H3,(H2,24,25,26,27). The Hall–Kier alpha value is -2.73. The second-order valence-corrected chi connectivity index (χ2v) is 8.64. The minimum absolute atomic E-state index is 0.0958. The number of aromatic nitrogens is 2. The lowest BCUT2D eigenvalue weighted by atomic mass is 9.86. The summed E-state index contributed by atoms with van der Waals surface area (Å²) < 4.78 is 0. The first-order valence-electron chi connectivity index (χ1n) is 9.45. The average molecular weight is 395 g/mol. The quantitative estimate of drug-likeness (QED) is 0.583. The number of benzene rings is 1. The number of carbonyl (C=O) groups excluding carboxylic acids is 1. The minimum atomic E-state index is -0.230. The average Bonchev–Trinajstić information content (AvgIpc) is 3.10. The lowest BCUT2D eigenvalue weighted by Gasteiger charge is -2.19. The van der Waals surface area contributed by atoms with Crippen LogP contribution in [0.3, 0.4) is 0 Å². The Balaban J connectivity index is 1.97. The molecule has 2 heterocycles. The summed E-state index contributed by atoms with van der Waals surface area (Å²) in [5, 5.41) is 6.25. The van der Waals surface area contributed by atoms with Gasteiger partial charge in [0.05, 0.1) is 10.6 Å². The van der Waals surface area contributed by atoms with Gasteiger partial charge in [0.25, 0.3) is 0 Å². The van der Waals surface area contributed by atoms with E-state index < -0.39 is 0 Å². The predicted octanol–water partition coefficient (Wildman–Crippen LogP) is 5.70. The van der Waals surface area contributed by atoms with Crippen LogP contribution in [0.5, 0.6) is 0 Å². The van der Waals surface area contributed by atoms with Crippen molar-refractivity contribution in [3.63, 3.8) is 0 Å². The Morgan fingerprint density at radius 1 is 1.04 bits per heavy atom. The van der Waals surface area contributed by atoms with Crippen LogP contribution in [0.2, 0.25) is 0 Å². The van der Waals surface area contributed by atoms with E-state index in [2.05, 4.69) is 60.7 Å². The normalized spacial score (nSPS) is 11.3. The van der Waals surface area contributed by atoms with Gasteiger partial charge in [0, 0.05) is 24.5 Å². The van der Waals surface area contributed by atoms with E-state index in [9.17, 15) is 4.79 Å². The molecule has 2 N–H and O–H groups in total. The number of urea groups is 1. The Morgan fingerprint density at radius 2 is 1.71 bits per heavy atom. The van der Waals surface area contributed by atoms with E-state index in [-0.39, 0.29) is 11.4 Å². The van der Waals surface area contributed by atoms with Gasteiger partial charge >= 0.3 is 6.03 Å². The third-order valence-electron chi connectivity index (χ3n) is 4.35. The molecule has 0 aliphatic rings. The van der Waals surface area contributed by atoms with Gasteiger partial charge in [-0.1, -0.05) is 63.3 Å². The third-order valence-corrected chi connectivity index (χ3v) is 5.37. The van der Waals surface area contributed by atoms with Gasteiger partial charge < -0.3 is 5.32 Å². The molecule has 0 saturated carbocycles. The topological polar surface area (TPSA) is 66.9 Å². The van der Waals surface area contributed by atoms with E-state index in [1.807, 2.05) is 19.1 Å². The van der Waals surface area contributed by atoms with E-state index in [1.54, 1.807) is 12.4 Å². The summed E-state index contributed by atoms with van der Waals surface area (Å²) in [7, 11) is 0. The SMILES string of the molecule is CCCNC(=O)Nc1nc(-c2ccc(C(C)(C)C)cc2)c(-c2ccncc2)s1. The number of carbonyl (C=O) groups is 1. The van der Waals surface area contributed by atoms with Crippen LogP contribution in [-0.4, -0.2) is 22.5 Å². The fourth-order valence-electron chi connectivity index (χ4n) is 2.78. The smallest absolute Gasteiger partial charge is 0.321 e. The zero-order valence-corrected chi connectivity index (χ0v) is 17.6. The first-order chi connectivity index (χ1) is 13.4. The van der Waals surface area contributed by atoms with Crippen LogP contribution >= 0.6 is 11.3 Å². The highest BCUT2D eigenvalue weighted by molar-refractivity contribution is 7.19. The largest absolute Gasteiger partial charge is 0.338 e. The molecule has 3 rings (SSSR count). The van der Waals surface area contributed by atoms with Gasteiger partial charge in [-0.25, -0.2) is 9.78 Å². The summed E-state index contributed by atoms with van der Waals surface area (Å²) in [5.74, 6) is 0. The van der Waals surface area contributed by atoms with Crippen LogP contribution in [0.1, 0.15) is 39.7 Å². The molecule has 0 saturated heterocycles. The molecule has 146 valence electrons. The molecule has 0 unspecified atom stereocenters. The molecule has 0 atom stereocenters. The van der Waals surface area contributed by atoms with Gasteiger partial charge in [-0.2, -0.15) is 0 Å². The molecule has 0 spiro atoms. The maximum Gasteiger partial charge on any atom is 0.321 e. The number of hydrogen-bond donors (Lipinski definition) is 2. The lowest BCUT2D eigenvalue weighted by Crippen LogP contribution is -2.29. The van der Waals surface area contributed by atoms with E-state index in [0.29, 0.717) is 11.7 Å². The predicted molar refractivity (Wildman–Crippen MR) is 117 cm³/mol. The van der Waals surface area contributed by atoms with Crippen LogP contribution in [0, 0.1) is 0 Å². The van der Waals surface area contributed by atoms with Crippen molar-refractivity contribution >= 4 is 22.5 Å². The van der Waals surface area contributed by atoms with E-state index >= 15 is 0 Å². The van der Waals surface area contributed by atoms with Gasteiger partial charge in [0.15, 0.2) is 5.13 Å². The van der Waals surface area contributed by atoms with Crippen molar-refractivity contribution in [1.29, 1.82) is 0 Å². The first-order valence-corrected chi connectivity index (χ1v) is 10.3. The monoisotopic (exact) mass is 394 g/mol. The van der Waals surface area contributed by atoms with Crippen molar-refractivity contribution in [3.05, 3.63) is 54.4 Å². The highest BCUT2D eigenvalue weighted by Crippen LogP contribution is 2.39. The molecule has 0 fully saturated rings. The number of anilines is 1. The van der Waals surface area contributed by atoms with Crippen LogP contribution < -0.4 is 10.6 Å². The number of thiazole rings is 1. The third kappa shape index (κ3) is 4.75. The van der Waals surface area contributed by atoms with Crippen LogP contribution in [0.15, 0.2) is 48.8 Å². The molecule has 28 heavy (non-hydrogen) atoms. The zero-order valence-electron chi connectivity index (χ0n) is 16.7. The van der Waals surface area contributed by atoms with Crippen molar-refractivity contribution in [2.75, 3.05) is 11.9 Å². The fraction of sp³-hybridized carbons (Fsp3) is 0.318. The maximum absolute atomic E-state index is 12.1. The van der Waals surface area contributed by atoms with Crippen molar-refractivity contribution in [2.45, 2.75) is 39.5 Å². The Morgan fingerprint density at radius 3 is 2.32 bits per heavy atom. The minimum Gasteiger partial charge on any atom is -0.338 e. The van der Waals surface area contributed by atoms with E-state index in [4.69, 9.17) is 4.98 Å². The summed E-state index contributed by atoms with van der Waals surface area (Å²) in [6.07, 6.45) is 4.42. The Bertz CT molecular complexity index is 927. The second-order valence-electron chi connectivity index (χ2n) is 7.64. The number of nitrogens with zero attached hydrogens (tertiary/aromatic N) is 2. The van der Waals surface area contributed by atoms with Crippen molar-refractivity contribution < 1.29 is 4.79 Å². The summed E-state index contributed by atoms with van der Waals surface area (Å²) in [6, 6.07) is 12.2. The zero-order chi connectivity index (χ0) is 20.1. The highest BCUT2D eigenvalue weighted by Gasteiger charge is 2.18. The number of pyridine rings is 1. The molecule has 2 amide bonds. The van der Waals surface area contributed by atoms with Gasteiger partial charge in [0.2, 0.25) is 0 Å². The molecule has 0 aliphatic carbocycles. The molecular weight excluding hydrogens is 368 g/mol. The van der Waals surface area contributed by atoms with Gasteiger partial charge in [-0.05, 0) is 35.1 Å². The molecule has 3 aromatic rings. The molecule has 0 aliphatic heterocycles. The van der Waals surface area contributed by atoms with Crippen LogP contribution in [0.25, 0.3) is 21.7 Å². The fourth-order valence-corrected chi connectivity index (χ4v) is 3.76. The maximum atomic E-state index is 12.1. The highest BCUT2D eigenvalue weighted by atomic mass is 32.1. The van der Waals surface area contributed by atoms with Crippen molar-refractivity contribution in [3.8, 4) is 21.7 Å². The van der Waals surface area contributed by atoms with Gasteiger partial charge in [-0.3, -0.25) is 10.3 Å². The van der Waals surface area contributed by atoms with Gasteiger partial charge in [-0.15, -0.1) is 0 Å². The van der Waals surface area contributed by atoms with E-state index in [1.165, 1.54) is 16.9 Å². The van der Waals surface area contributed by atoms with Crippen molar-refractivity contribution in [2.24, 2.45) is 0 Å². The van der Waals surface area contributed by atoms with Crippen molar-refractivity contribution in [1.82, 2.24) is 15.3 Å². The molecule has 2 aromatic heterocycles. The first kappa shape index (κ1) is 20.0. The molecular formula is C22H26N4OS. The Labute approximate surface area is 170 Å². The molecule has 1 aromatic carbocycles. The lowest BCUT2D eigenvalue weighted by molar-refractivity contribution is 0.252. The summed E-state index contributed by atoms with van der Waals surface area (Å²) in [4.78, 5) is 21.9. The summed E-state index contributed by atoms with van der Waals surface area (Å²) in [5.41, 5.74) is 4.29. The number of hydrogen-bond acceptors (Lipinski definition) is 4. The van der Waals surface area contributed by atoms with Gasteiger partial charge in [0.1, 0.15) is 0 Å². The number of rotatable bonds is 5. The molecule has 0 bridgehead atoms. The number of amides is 2. The molecule has 6 heteroatoms. The van der Waals surface area contributed by atoms with Crippen LogP contribution in [0.4, 0.5) is 9.93 Å². The van der Waals surface area contributed by atoms with Crippen LogP contribution in [-0.2, 0) is 5.41 Å². The number of nitrogens with one attached hydrogen (secondary N) is 2. The second kappa shape index (κ2) is 8.52. The molecule has 0 radical (unpaired) electrons. The Kier molecular flexibility index (Phi) is 6.09. The van der Waals surface area contributed by atoms with E-state index in [0.717, 1.165) is 28.1 Å².